The fraction of sp³-hybridized carbons (Fsp3) is 0.591. The molecule has 2 aromatic rings. The normalized spacial score (nSPS) is 14.0. The highest BCUT2D eigenvalue weighted by Gasteiger charge is 2.20. The molecule has 0 amide bonds. The summed E-state index contributed by atoms with van der Waals surface area (Å²) in [6.45, 7) is 10.2. The number of aliphatic imine (C=N–C) groups is 1. The van der Waals surface area contributed by atoms with Gasteiger partial charge in [-0.05, 0) is 31.7 Å². The summed E-state index contributed by atoms with van der Waals surface area (Å²) in [4.78, 5) is 17.2. The second-order valence-electron chi connectivity index (χ2n) is 8.26. The van der Waals surface area contributed by atoms with Gasteiger partial charge in [-0.25, -0.2) is 9.48 Å². The fourth-order valence-electron chi connectivity index (χ4n) is 3.63. The molecule has 7 nitrogen and oxygen atoms in total. The highest BCUT2D eigenvalue weighted by molar-refractivity contribution is 14.0. The standard InChI is InChI=1S/C22H34N6O.HI/c1-4-23-20(25-17-22(2,3)18-11-6-5-7-12-18)24-14-10-16-28-21(29)27-15-9-8-13-19(27)26-28;/h5-7,11-12H,4,8-10,13-17H2,1-3H3,(H2,23,24,25);1H. The van der Waals surface area contributed by atoms with Crippen LogP contribution < -0.4 is 16.3 Å². The highest BCUT2D eigenvalue weighted by atomic mass is 127. The van der Waals surface area contributed by atoms with Gasteiger partial charge in [0.25, 0.3) is 0 Å². The Labute approximate surface area is 196 Å². The smallest absolute Gasteiger partial charge is 0.345 e. The van der Waals surface area contributed by atoms with Gasteiger partial charge in [-0.3, -0.25) is 9.56 Å². The Morgan fingerprint density at radius 2 is 1.97 bits per heavy atom. The van der Waals surface area contributed by atoms with Gasteiger partial charge in [0.15, 0.2) is 5.96 Å². The molecule has 2 heterocycles. The quantitative estimate of drug-likeness (QED) is 0.240. The number of rotatable bonds is 8. The molecule has 0 radical (unpaired) electrons. The second-order valence-corrected chi connectivity index (χ2v) is 8.26. The number of fused-ring (bicyclic) bond motifs is 1. The van der Waals surface area contributed by atoms with E-state index in [1.807, 2.05) is 10.6 Å². The molecular formula is C22H35IN6O. The lowest BCUT2D eigenvalue weighted by Gasteiger charge is -2.24. The molecule has 0 unspecified atom stereocenters. The zero-order valence-corrected chi connectivity index (χ0v) is 20.7. The molecule has 1 aromatic carbocycles. The Hall–Kier alpha value is -1.84. The van der Waals surface area contributed by atoms with Gasteiger partial charge < -0.3 is 10.6 Å². The Morgan fingerprint density at radius 1 is 1.20 bits per heavy atom. The number of nitrogens with zero attached hydrogens (tertiary/aromatic N) is 4. The molecular weight excluding hydrogens is 491 g/mol. The lowest BCUT2D eigenvalue weighted by Crippen LogP contribution is -2.39. The molecule has 1 aliphatic rings. The van der Waals surface area contributed by atoms with Gasteiger partial charge >= 0.3 is 5.69 Å². The van der Waals surface area contributed by atoms with Crippen LogP contribution in [0.3, 0.4) is 0 Å². The van der Waals surface area contributed by atoms with E-state index in [0.717, 1.165) is 57.1 Å². The maximum Gasteiger partial charge on any atom is 0.345 e. The number of hydrogen-bond donors (Lipinski definition) is 2. The molecule has 166 valence electrons. The lowest BCUT2D eigenvalue weighted by molar-refractivity contribution is 0.508. The molecule has 0 fully saturated rings. The van der Waals surface area contributed by atoms with E-state index in [-0.39, 0.29) is 35.1 Å². The molecule has 0 aliphatic carbocycles. The first-order valence-electron chi connectivity index (χ1n) is 10.8. The number of benzene rings is 1. The van der Waals surface area contributed by atoms with Gasteiger partial charge in [0, 0.05) is 38.0 Å². The van der Waals surface area contributed by atoms with Crippen molar-refractivity contribution in [3.8, 4) is 0 Å². The minimum absolute atomic E-state index is 0. The number of guanidine groups is 1. The average molecular weight is 526 g/mol. The maximum absolute atomic E-state index is 12.4. The Morgan fingerprint density at radius 3 is 2.67 bits per heavy atom. The van der Waals surface area contributed by atoms with E-state index in [1.165, 1.54) is 5.56 Å². The molecule has 0 bridgehead atoms. The molecule has 0 atom stereocenters. The summed E-state index contributed by atoms with van der Waals surface area (Å²) in [6, 6.07) is 10.5. The SMILES string of the molecule is CCNC(=NCC(C)(C)c1ccccc1)NCCCn1nc2n(c1=O)CCCC2.I. The predicted molar refractivity (Wildman–Crippen MR) is 133 cm³/mol. The fourth-order valence-corrected chi connectivity index (χ4v) is 3.63. The van der Waals surface area contributed by atoms with Crippen LogP contribution in [-0.2, 0) is 24.9 Å². The van der Waals surface area contributed by atoms with Crippen molar-refractivity contribution < 1.29 is 0 Å². The van der Waals surface area contributed by atoms with E-state index in [2.05, 4.69) is 60.8 Å². The Balaban J connectivity index is 0.00000320. The van der Waals surface area contributed by atoms with Gasteiger partial charge in [0.2, 0.25) is 0 Å². The van der Waals surface area contributed by atoms with Gasteiger partial charge in [-0.2, -0.15) is 5.10 Å². The summed E-state index contributed by atoms with van der Waals surface area (Å²) >= 11 is 0. The third-order valence-electron chi connectivity index (χ3n) is 5.40. The lowest BCUT2D eigenvalue weighted by atomic mass is 9.85. The second kappa shape index (κ2) is 11.5. The van der Waals surface area contributed by atoms with E-state index < -0.39 is 0 Å². The van der Waals surface area contributed by atoms with E-state index in [9.17, 15) is 4.79 Å². The molecule has 3 rings (SSSR count). The van der Waals surface area contributed by atoms with Crippen molar-refractivity contribution in [2.24, 2.45) is 4.99 Å². The van der Waals surface area contributed by atoms with Crippen LogP contribution >= 0.6 is 24.0 Å². The van der Waals surface area contributed by atoms with Crippen molar-refractivity contribution >= 4 is 29.9 Å². The van der Waals surface area contributed by atoms with Gasteiger partial charge in [0.1, 0.15) is 5.82 Å². The van der Waals surface area contributed by atoms with Crippen LogP contribution in [0.4, 0.5) is 0 Å². The van der Waals surface area contributed by atoms with Crippen molar-refractivity contribution in [3.63, 3.8) is 0 Å². The van der Waals surface area contributed by atoms with Crippen LogP contribution in [0.1, 0.15) is 51.4 Å². The van der Waals surface area contributed by atoms with E-state index in [4.69, 9.17) is 4.99 Å². The monoisotopic (exact) mass is 526 g/mol. The topological polar surface area (TPSA) is 76.2 Å². The van der Waals surface area contributed by atoms with Gasteiger partial charge in [-0.1, -0.05) is 44.2 Å². The summed E-state index contributed by atoms with van der Waals surface area (Å²) in [5, 5.41) is 11.2. The van der Waals surface area contributed by atoms with Crippen LogP contribution in [0.25, 0.3) is 0 Å². The first-order chi connectivity index (χ1) is 14.0. The van der Waals surface area contributed by atoms with Gasteiger partial charge in [0.05, 0.1) is 6.54 Å². The van der Waals surface area contributed by atoms with Crippen molar-refractivity contribution in [2.45, 2.75) is 65.0 Å². The first kappa shape index (κ1) is 24.4. The summed E-state index contributed by atoms with van der Waals surface area (Å²) < 4.78 is 3.44. The Bertz CT molecular complexity index is 871. The first-order valence-corrected chi connectivity index (χ1v) is 10.8. The van der Waals surface area contributed by atoms with Crippen LogP contribution in [0, 0.1) is 0 Å². The minimum Gasteiger partial charge on any atom is -0.357 e. The molecule has 1 aromatic heterocycles. The minimum atomic E-state index is -0.0353. The molecule has 30 heavy (non-hydrogen) atoms. The molecule has 8 heteroatoms. The predicted octanol–water partition coefficient (Wildman–Crippen LogP) is 2.92. The van der Waals surface area contributed by atoms with Crippen LogP contribution in [-0.4, -0.2) is 39.9 Å². The zero-order valence-electron chi connectivity index (χ0n) is 18.4. The highest BCUT2D eigenvalue weighted by Crippen LogP contribution is 2.22. The third-order valence-corrected chi connectivity index (χ3v) is 5.40. The summed E-state index contributed by atoms with van der Waals surface area (Å²) in [7, 11) is 0. The zero-order chi connectivity index (χ0) is 20.7. The largest absolute Gasteiger partial charge is 0.357 e. The van der Waals surface area contributed by atoms with Crippen LogP contribution in [0.5, 0.6) is 0 Å². The van der Waals surface area contributed by atoms with Crippen LogP contribution in [0.15, 0.2) is 40.1 Å². The number of halogens is 1. The van der Waals surface area contributed by atoms with E-state index >= 15 is 0 Å². The molecule has 0 saturated heterocycles. The molecule has 0 spiro atoms. The number of hydrogen-bond acceptors (Lipinski definition) is 3. The van der Waals surface area contributed by atoms with Crippen molar-refractivity contribution in [2.75, 3.05) is 19.6 Å². The molecule has 1 aliphatic heterocycles. The molecule has 0 saturated carbocycles. The summed E-state index contributed by atoms with van der Waals surface area (Å²) in [6.07, 6.45) is 3.93. The van der Waals surface area contributed by atoms with E-state index in [0.29, 0.717) is 13.1 Å². The third kappa shape index (κ3) is 6.33. The number of aryl methyl sites for hydroxylation is 2. The van der Waals surface area contributed by atoms with Crippen LogP contribution in [0.2, 0.25) is 0 Å². The van der Waals surface area contributed by atoms with Crippen molar-refractivity contribution in [3.05, 3.63) is 52.2 Å². The van der Waals surface area contributed by atoms with Crippen molar-refractivity contribution in [1.29, 1.82) is 0 Å². The Kier molecular flexibility index (Phi) is 9.38. The molecule has 2 N–H and O–H groups in total. The maximum atomic E-state index is 12.4. The number of aromatic nitrogens is 3. The van der Waals surface area contributed by atoms with Crippen molar-refractivity contribution in [1.82, 2.24) is 25.0 Å². The summed E-state index contributed by atoms with van der Waals surface area (Å²) in [5.74, 6) is 1.75. The number of nitrogens with one attached hydrogen (secondary N) is 2. The van der Waals surface area contributed by atoms with Gasteiger partial charge in [-0.15, -0.1) is 24.0 Å². The summed E-state index contributed by atoms with van der Waals surface area (Å²) in [5.41, 5.74) is 1.28. The average Bonchev–Trinajstić information content (AvgIpc) is 3.06. The van der Waals surface area contributed by atoms with E-state index in [1.54, 1.807) is 4.68 Å².